The van der Waals surface area contributed by atoms with Crippen LogP contribution in [0.15, 0.2) is 30.3 Å². The fourth-order valence-corrected chi connectivity index (χ4v) is 3.41. The Morgan fingerprint density at radius 2 is 1.69 bits per heavy atom. The van der Waals surface area contributed by atoms with Crippen LogP contribution in [-0.2, 0) is 0 Å². The molecule has 1 aliphatic rings. The summed E-state index contributed by atoms with van der Waals surface area (Å²) in [5.41, 5.74) is 0.663. The minimum Gasteiger partial charge on any atom is -0.420 e. The molecule has 0 saturated heterocycles. The Hall–Kier alpha value is -2.30. The molecule has 0 heterocycles. The van der Waals surface area contributed by atoms with Crippen LogP contribution in [0.25, 0.3) is 0 Å². The molecule has 0 amide bonds. The van der Waals surface area contributed by atoms with E-state index >= 15 is 0 Å². The lowest BCUT2D eigenvalue weighted by atomic mass is 9.79. The summed E-state index contributed by atoms with van der Waals surface area (Å²) >= 11 is 0. The molecule has 2 aromatic carbocycles. The van der Waals surface area contributed by atoms with Gasteiger partial charge in [0.2, 0.25) is 5.82 Å². The molecule has 26 heavy (non-hydrogen) atoms. The van der Waals surface area contributed by atoms with Gasteiger partial charge in [-0.2, -0.15) is 4.39 Å². The fraction of sp³-hybridized carbons (Fsp3) is 0.381. The SMILES string of the molecule is Cc1ccc(OC(=O)c2ccc(C3CCC(C)CC3)cc2F)c(F)c1F. The van der Waals surface area contributed by atoms with Crippen molar-refractivity contribution in [2.45, 2.75) is 45.4 Å². The standard InChI is InChI=1S/C21H21F3O2/c1-12-3-6-14(7-4-12)15-8-9-16(17(22)11-15)21(25)26-18-10-5-13(2)19(23)20(18)24/h5,8-12,14H,3-4,6-7H2,1-2H3. The molecular weight excluding hydrogens is 341 g/mol. The number of hydrogen-bond donors (Lipinski definition) is 0. The zero-order valence-electron chi connectivity index (χ0n) is 14.8. The molecule has 0 aromatic heterocycles. The molecule has 5 heteroatoms. The highest BCUT2D eigenvalue weighted by molar-refractivity contribution is 5.91. The van der Waals surface area contributed by atoms with Crippen molar-refractivity contribution in [3.8, 4) is 5.75 Å². The van der Waals surface area contributed by atoms with Crippen LogP contribution in [0.4, 0.5) is 13.2 Å². The number of carbonyl (C=O) groups is 1. The second-order valence-corrected chi connectivity index (χ2v) is 7.09. The predicted octanol–water partition coefficient (Wildman–Crippen LogP) is 5.93. The van der Waals surface area contributed by atoms with E-state index in [1.807, 2.05) is 0 Å². The van der Waals surface area contributed by atoms with Gasteiger partial charge in [0.25, 0.3) is 0 Å². The summed E-state index contributed by atoms with van der Waals surface area (Å²) in [4.78, 5) is 12.2. The second kappa shape index (κ2) is 7.52. The number of rotatable bonds is 3. The van der Waals surface area contributed by atoms with E-state index in [-0.39, 0.29) is 17.0 Å². The Bertz CT molecular complexity index is 824. The summed E-state index contributed by atoms with van der Waals surface area (Å²) in [5, 5.41) is 0. The summed E-state index contributed by atoms with van der Waals surface area (Å²) in [6, 6.07) is 6.87. The van der Waals surface area contributed by atoms with Crippen LogP contribution in [0.1, 0.15) is 60.0 Å². The van der Waals surface area contributed by atoms with E-state index in [0.717, 1.165) is 37.3 Å². The lowest BCUT2D eigenvalue weighted by Gasteiger charge is -2.26. The Morgan fingerprint density at radius 3 is 2.35 bits per heavy atom. The molecule has 0 radical (unpaired) electrons. The van der Waals surface area contributed by atoms with Crippen LogP contribution in [0, 0.1) is 30.3 Å². The van der Waals surface area contributed by atoms with Crippen molar-refractivity contribution in [3.05, 3.63) is 64.5 Å². The molecule has 2 aromatic rings. The number of hydrogen-bond acceptors (Lipinski definition) is 2. The first-order valence-electron chi connectivity index (χ1n) is 8.83. The smallest absolute Gasteiger partial charge is 0.346 e. The van der Waals surface area contributed by atoms with E-state index in [2.05, 4.69) is 6.92 Å². The maximum atomic E-state index is 14.4. The van der Waals surface area contributed by atoms with Crippen molar-refractivity contribution < 1.29 is 22.7 Å². The average molecular weight is 362 g/mol. The first kappa shape index (κ1) is 18.5. The summed E-state index contributed by atoms with van der Waals surface area (Å²) in [6.45, 7) is 3.61. The van der Waals surface area contributed by atoms with Gasteiger partial charge in [-0.15, -0.1) is 0 Å². The predicted molar refractivity (Wildman–Crippen MR) is 92.8 cm³/mol. The van der Waals surface area contributed by atoms with Gasteiger partial charge in [-0.1, -0.05) is 31.9 Å². The summed E-state index contributed by atoms with van der Waals surface area (Å²) in [5.74, 6) is -3.68. The van der Waals surface area contributed by atoms with E-state index in [1.54, 1.807) is 6.07 Å². The van der Waals surface area contributed by atoms with E-state index in [4.69, 9.17) is 4.74 Å². The minimum absolute atomic E-state index is 0.0969. The third-order valence-electron chi connectivity index (χ3n) is 5.14. The van der Waals surface area contributed by atoms with Crippen molar-refractivity contribution in [1.82, 2.24) is 0 Å². The van der Waals surface area contributed by atoms with Gasteiger partial charge in [-0.05, 0) is 60.9 Å². The first-order chi connectivity index (χ1) is 12.4. The third-order valence-corrected chi connectivity index (χ3v) is 5.14. The zero-order chi connectivity index (χ0) is 18.8. The van der Waals surface area contributed by atoms with Gasteiger partial charge in [0.15, 0.2) is 11.6 Å². The number of esters is 1. The van der Waals surface area contributed by atoms with E-state index in [9.17, 15) is 18.0 Å². The maximum Gasteiger partial charge on any atom is 0.346 e. The van der Waals surface area contributed by atoms with Crippen LogP contribution < -0.4 is 4.74 Å². The van der Waals surface area contributed by atoms with Crippen molar-refractivity contribution in [1.29, 1.82) is 0 Å². The van der Waals surface area contributed by atoms with Gasteiger partial charge in [-0.3, -0.25) is 0 Å². The van der Waals surface area contributed by atoms with Gasteiger partial charge in [0.05, 0.1) is 5.56 Å². The van der Waals surface area contributed by atoms with Gasteiger partial charge in [0, 0.05) is 0 Å². The molecule has 3 rings (SSSR count). The molecule has 0 N–H and O–H groups in total. The number of ether oxygens (including phenoxy) is 1. The maximum absolute atomic E-state index is 14.4. The molecule has 0 bridgehead atoms. The third kappa shape index (κ3) is 3.76. The van der Waals surface area contributed by atoms with E-state index in [0.29, 0.717) is 5.92 Å². The van der Waals surface area contributed by atoms with Gasteiger partial charge in [0.1, 0.15) is 5.82 Å². The highest BCUT2D eigenvalue weighted by atomic mass is 19.2. The van der Waals surface area contributed by atoms with Crippen LogP contribution in [0.5, 0.6) is 5.75 Å². The van der Waals surface area contributed by atoms with Crippen LogP contribution in [0.3, 0.4) is 0 Å². The van der Waals surface area contributed by atoms with Crippen LogP contribution in [0.2, 0.25) is 0 Å². The molecule has 1 aliphatic carbocycles. The molecule has 138 valence electrons. The van der Waals surface area contributed by atoms with Crippen molar-refractivity contribution in [2.75, 3.05) is 0 Å². The summed E-state index contributed by atoms with van der Waals surface area (Å²) in [6.07, 6.45) is 4.21. The monoisotopic (exact) mass is 362 g/mol. The Morgan fingerprint density at radius 1 is 1.00 bits per heavy atom. The molecule has 1 fully saturated rings. The lowest BCUT2D eigenvalue weighted by Crippen LogP contribution is -2.14. The molecule has 0 atom stereocenters. The highest BCUT2D eigenvalue weighted by Crippen LogP contribution is 2.36. The fourth-order valence-electron chi connectivity index (χ4n) is 3.41. The molecule has 1 saturated carbocycles. The minimum atomic E-state index is -1.26. The van der Waals surface area contributed by atoms with E-state index in [1.165, 1.54) is 25.1 Å². The van der Waals surface area contributed by atoms with Gasteiger partial charge in [-0.25, -0.2) is 13.6 Å². The highest BCUT2D eigenvalue weighted by Gasteiger charge is 2.23. The quantitative estimate of drug-likeness (QED) is 0.500. The van der Waals surface area contributed by atoms with Crippen molar-refractivity contribution in [3.63, 3.8) is 0 Å². The average Bonchev–Trinajstić information content (AvgIpc) is 2.62. The zero-order valence-corrected chi connectivity index (χ0v) is 14.8. The summed E-state index contributed by atoms with van der Waals surface area (Å²) in [7, 11) is 0. The topological polar surface area (TPSA) is 26.3 Å². The number of aryl methyl sites for hydroxylation is 1. The second-order valence-electron chi connectivity index (χ2n) is 7.09. The van der Waals surface area contributed by atoms with E-state index < -0.39 is 29.2 Å². The Labute approximate surface area is 151 Å². The van der Waals surface area contributed by atoms with Crippen LogP contribution >= 0.6 is 0 Å². The number of halogens is 3. The lowest BCUT2D eigenvalue weighted by molar-refractivity contribution is 0.0721. The number of benzene rings is 2. The molecule has 0 unspecified atom stereocenters. The molecular formula is C21H21F3O2. The van der Waals surface area contributed by atoms with Gasteiger partial charge < -0.3 is 4.74 Å². The van der Waals surface area contributed by atoms with Gasteiger partial charge >= 0.3 is 5.97 Å². The Kier molecular flexibility index (Phi) is 5.35. The van der Waals surface area contributed by atoms with Crippen LogP contribution in [-0.4, -0.2) is 5.97 Å². The summed E-state index contributed by atoms with van der Waals surface area (Å²) < 4.78 is 46.7. The number of carbonyl (C=O) groups excluding carboxylic acids is 1. The molecule has 2 nitrogen and oxygen atoms in total. The van der Waals surface area contributed by atoms with Crippen molar-refractivity contribution in [2.24, 2.45) is 5.92 Å². The molecule has 0 spiro atoms. The molecule has 0 aliphatic heterocycles. The Balaban J connectivity index is 1.77. The normalized spacial score (nSPS) is 20.0. The largest absolute Gasteiger partial charge is 0.420 e. The first-order valence-corrected chi connectivity index (χ1v) is 8.83. The van der Waals surface area contributed by atoms with Crippen molar-refractivity contribution >= 4 is 5.97 Å².